The van der Waals surface area contributed by atoms with Crippen LogP contribution in [-0.4, -0.2) is 50.5 Å². The van der Waals surface area contributed by atoms with Gasteiger partial charge in [0.1, 0.15) is 6.61 Å². The van der Waals surface area contributed by atoms with E-state index in [4.69, 9.17) is 9.47 Å². The number of benzene rings is 1. The first-order chi connectivity index (χ1) is 11.1. The van der Waals surface area contributed by atoms with Gasteiger partial charge in [-0.15, -0.1) is 11.3 Å². The molecule has 1 aromatic carbocycles. The van der Waals surface area contributed by atoms with Gasteiger partial charge in [0.15, 0.2) is 11.5 Å². The molecule has 0 aliphatic rings. The van der Waals surface area contributed by atoms with Crippen LogP contribution < -0.4 is 14.9 Å². The smallest absolute Gasteiger partial charge is 0.203 e. The first kappa shape index (κ1) is 17.2. The first-order valence-electron chi connectivity index (χ1n) is 7.26. The molecule has 0 aliphatic heterocycles. The fourth-order valence-electron chi connectivity index (χ4n) is 1.84. The van der Waals surface area contributed by atoms with Gasteiger partial charge in [-0.3, -0.25) is 5.43 Å². The molecule has 7 heteroatoms. The third-order valence-corrected chi connectivity index (χ3v) is 3.86. The zero-order valence-electron chi connectivity index (χ0n) is 13.9. The van der Waals surface area contributed by atoms with E-state index in [0.29, 0.717) is 18.1 Å². The fourth-order valence-corrected chi connectivity index (χ4v) is 2.48. The standard InChI is InChI=1S/C16H22N4O2S/c1-12-11-23-16(18-12)19-17-10-13-6-5-7-14(21-4)15(13)22-9-8-20(2)3/h5-7,10-11H,8-9H2,1-4H3,(H,18,19). The lowest BCUT2D eigenvalue weighted by atomic mass is 10.2. The molecule has 6 nitrogen and oxygen atoms in total. The van der Waals surface area contributed by atoms with Gasteiger partial charge in [0.25, 0.3) is 0 Å². The zero-order valence-corrected chi connectivity index (χ0v) is 14.7. The molecule has 2 rings (SSSR count). The van der Waals surface area contributed by atoms with Crippen LogP contribution in [0.5, 0.6) is 11.5 Å². The van der Waals surface area contributed by atoms with Crippen LogP contribution in [0.25, 0.3) is 0 Å². The molecule has 23 heavy (non-hydrogen) atoms. The molecular formula is C16H22N4O2S. The highest BCUT2D eigenvalue weighted by atomic mass is 32.1. The average molecular weight is 334 g/mol. The summed E-state index contributed by atoms with van der Waals surface area (Å²) in [6.07, 6.45) is 1.71. The molecule has 0 radical (unpaired) electrons. The van der Waals surface area contributed by atoms with Crippen molar-refractivity contribution in [1.29, 1.82) is 0 Å². The SMILES string of the molecule is COc1cccc(C=NNc2nc(C)cs2)c1OCCN(C)C. The van der Waals surface area contributed by atoms with E-state index in [0.717, 1.165) is 22.9 Å². The van der Waals surface area contributed by atoms with Crippen molar-refractivity contribution in [2.45, 2.75) is 6.92 Å². The largest absolute Gasteiger partial charge is 0.493 e. The van der Waals surface area contributed by atoms with Crippen LogP contribution in [0.2, 0.25) is 0 Å². The number of nitrogens with zero attached hydrogens (tertiary/aromatic N) is 3. The lowest BCUT2D eigenvalue weighted by Crippen LogP contribution is -2.20. The van der Waals surface area contributed by atoms with Gasteiger partial charge in [-0.1, -0.05) is 6.07 Å². The van der Waals surface area contributed by atoms with E-state index < -0.39 is 0 Å². The van der Waals surface area contributed by atoms with E-state index >= 15 is 0 Å². The van der Waals surface area contributed by atoms with Crippen molar-refractivity contribution in [3.05, 3.63) is 34.8 Å². The van der Waals surface area contributed by atoms with Crippen molar-refractivity contribution in [3.63, 3.8) is 0 Å². The summed E-state index contributed by atoms with van der Waals surface area (Å²) < 4.78 is 11.3. The molecule has 1 N–H and O–H groups in total. The van der Waals surface area contributed by atoms with Crippen LogP contribution in [0.15, 0.2) is 28.7 Å². The van der Waals surface area contributed by atoms with Gasteiger partial charge in [0.2, 0.25) is 5.13 Å². The van der Waals surface area contributed by atoms with E-state index in [2.05, 4.69) is 20.4 Å². The topological polar surface area (TPSA) is 59.0 Å². The Morgan fingerprint density at radius 3 is 2.87 bits per heavy atom. The number of aryl methyl sites for hydroxylation is 1. The van der Waals surface area contributed by atoms with Crippen LogP contribution in [-0.2, 0) is 0 Å². The predicted molar refractivity (Wildman–Crippen MR) is 95.1 cm³/mol. The van der Waals surface area contributed by atoms with E-state index in [9.17, 15) is 0 Å². The summed E-state index contributed by atoms with van der Waals surface area (Å²) in [4.78, 5) is 6.36. The molecule has 124 valence electrons. The normalized spacial score (nSPS) is 11.2. The number of rotatable bonds is 8. The molecule has 0 fully saturated rings. The molecule has 0 spiro atoms. The number of anilines is 1. The lowest BCUT2D eigenvalue weighted by Gasteiger charge is -2.15. The van der Waals surface area contributed by atoms with Crippen LogP contribution in [0.3, 0.4) is 0 Å². The summed E-state index contributed by atoms with van der Waals surface area (Å²) in [5.41, 5.74) is 4.75. The van der Waals surface area contributed by atoms with Crippen molar-refractivity contribution in [1.82, 2.24) is 9.88 Å². The molecule has 0 saturated carbocycles. The Hall–Kier alpha value is -2.12. The number of thiazole rings is 1. The summed E-state index contributed by atoms with van der Waals surface area (Å²) in [6, 6.07) is 5.72. The second-order valence-electron chi connectivity index (χ2n) is 5.19. The maximum Gasteiger partial charge on any atom is 0.203 e. The molecule has 2 aromatic rings. The molecule has 0 bridgehead atoms. The number of likely N-dealkylation sites (N-methyl/N-ethyl adjacent to an activating group) is 1. The first-order valence-corrected chi connectivity index (χ1v) is 8.14. The number of hydrogen-bond donors (Lipinski definition) is 1. The van der Waals surface area contributed by atoms with Crippen LogP contribution in [0.1, 0.15) is 11.3 Å². The number of hydrogen-bond acceptors (Lipinski definition) is 7. The number of ether oxygens (including phenoxy) is 2. The van der Waals surface area contributed by atoms with E-state index in [1.165, 1.54) is 11.3 Å². The summed E-state index contributed by atoms with van der Waals surface area (Å²) >= 11 is 1.52. The summed E-state index contributed by atoms with van der Waals surface area (Å²) in [6.45, 7) is 3.35. The van der Waals surface area contributed by atoms with E-state index in [1.807, 2.05) is 44.6 Å². The third kappa shape index (κ3) is 5.22. The highest BCUT2D eigenvalue weighted by Gasteiger charge is 2.09. The number of aromatic nitrogens is 1. The minimum Gasteiger partial charge on any atom is -0.493 e. The van der Waals surface area contributed by atoms with Crippen molar-refractivity contribution in [2.75, 3.05) is 39.8 Å². The Labute approximate surface area is 140 Å². The van der Waals surface area contributed by atoms with Crippen molar-refractivity contribution in [3.8, 4) is 11.5 Å². The molecule has 0 aliphatic carbocycles. The second-order valence-corrected chi connectivity index (χ2v) is 6.05. The highest BCUT2D eigenvalue weighted by molar-refractivity contribution is 7.13. The van der Waals surface area contributed by atoms with Crippen LogP contribution in [0, 0.1) is 6.92 Å². The Bertz CT molecular complexity index is 655. The van der Waals surface area contributed by atoms with Gasteiger partial charge >= 0.3 is 0 Å². The Balaban J connectivity index is 2.09. The lowest BCUT2D eigenvalue weighted by molar-refractivity contribution is 0.250. The number of hydrazone groups is 1. The van der Waals surface area contributed by atoms with Crippen molar-refractivity contribution in [2.24, 2.45) is 5.10 Å². The Morgan fingerprint density at radius 2 is 2.22 bits per heavy atom. The van der Waals surface area contributed by atoms with Gasteiger partial charge in [-0.25, -0.2) is 4.98 Å². The summed E-state index contributed by atoms with van der Waals surface area (Å²) in [5.74, 6) is 1.38. The average Bonchev–Trinajstić information content (AvgIpc) is 2.93. The predicted octanol–water partition coefficient (Wildman–Crippen LogP) is 2.85. The van der Waals surface area contributed by atoms with Crippen molar-refractivity contribution >= 4 is 22.7 Å². The van der Waals surface area contributed by atoms with Gasteiger partial charge < -0.3 is 14.4 Å². The van der Waals surface area contributed by atoms with Gasteiger partial charge in [0.05, 0.1) is 19.0 Å². The van der Waals surface area contributed by atoms with Gasteiger partial charge in [0, 0.05) is 17.5 Å². The van der Waals surface area contributed by atoms with Crippen LogP contribution in [0.4, 0.5) is 5.13 Å². The molecule has 0 atom stereocenters. The monoisotopic (exact) mass is 334 g/mol. The molecule has 0 saturated heterocycles. The number of nitrogens with one attached hydrogen (secondary N) is 1. The molecular weight excluding hydrogens is 312 g/mol. The van der Waals surface area contributed by atoms with Gasteiger partial charge in [-0.05, 0) is 33.2 Å². The minimum absolute atomic E-state index is 0.577. The summed E-state index contributed by atoms with van der Waals surface area (Å²) in [7, 11) is 5.65. The zero-order chi connectivity index (χ0) is 16.7. The molecule has 0 amide bonds. The summed E-state index contributed by atoms with van der Waals surface area (Å²) in [5, 5.41) is 6.96. The fraction of sp³-hybridized carbons (Fsp3) is 0.375. The second kappa shape index (κ2) is 8.50. The quantitative estimate of drug-likeness (QED) is 0.594. The van der Waals surface area contributed by atoms with E-state index in [-0.39, 0.29) is 0 Å². The Morgan fingerprint density at radius 1 is 1.39 bits per heavy atom. The van der Waals surface area contributed by atoms with Gasteiger partial charge in [-0.2, -0.15) is 5.10 Å². The third-order valence-electron chi connectivity index (χ3n) is 3.00. The van der Waals surface area contributed by atoms with E-state index in [1.54, 1.807) is 13.3 Å². The molecule has 0 unspecified atom stereocenters. The maximum absolute atomic E-state index is 5.88. The number of para-hydroxylation sites is 1. The maximum atomic E-state index is 5.88. The number of methoxy groups -OCH3 is 1. The molecule has 1 heterocycles. The van der Waals surface area contributed by atoms with Crippen LogP contribution >= 0.6 is 11.3 Å². The highest BCUT2D eigenvalue weighted by Crippen LogP contribution is 2.30. The van der Waals surface area contributed by atoms with Crippen molar-refractivity contribution < 1.29 is 9.47 Å². The minimum atomic E-state index is 0.577. The Kier molecular flexibility index (Phi) is 6.37. The molecule has 1 aromatic heterocycles.